The summed E-state index contributed by atoms with van der Waals surface area (Å²) in [4.78, 5) is 39.5. The van der Waals surface area contributed by atoms with Gasteiger partial charge in [0.25, 0.3) is 5.91 Å². The maximum absolute atomic E-state index is 13.7. The Kier molecular flexibility index (Phi) is 7.07. The average molecular weight is 543 g/mol. The van der Waals surface area contributed by atoms with Gasteiger partial charge in [-0.25, -0.2) is 14.8 Å². The number of methoxy groups -OCH3 is 1. The van der Waals surface area contributed by atoms with Crippen LogP contribution in [0.15, 0.2) is 54.9 Å². The number of aromatic nitrogens is 5. The van der Waals surface area contributed by atoms with Crippen molar-refractivity contribution in [2.45, 2.75) is 33.0 Å². The van der Waals surface area contributed by atoms with Gasteiger partial charge < -0.3 is 19.6 Å². The van der Waals surface area contributed by atoms with Crippen molar-refractivity contribution in [3.63, 3.8) is 0 Å². The Hall–Kier alpha value is -5.00. The summed E-state index contributed by atoms with van der Waals surface area (Å²) in [5, 5.41) is 17.9. The molecule has 4 aromatic rings. The number of amides is 2. The van der Waals surface area contributed by atoms with E-state index in [2.05, 4.69) is 10.2 Å². The SMILES string of the molecule is COc1ccccc1-n1cnnc1-c1cccc(N2Cc3c(cc(N(C)C(C)C)nc3CN(C)C(=O)O)C2=O)n1. The summed E-state index contributed by atoms with van der Waals surface area (Å²) in [6.07, 6.45) is 0.509. The van der Waals surface area contributed by atoms with Crippen molar-refractivity contribution >= 4 is 23.6 Å². The lowest BCUT2D eigenvalue weighted by Gasteiger charge is -2.24. The molecule has 1 aliphatic rings. The van der Waals surface area contributed by atoms with Crippen LogP contribution in [0.4, 0.5) is 16.4 Å². The molecule has 0 bridgehead atoms. The van der Waals surface area contributed by atoms with Gasteiger partial charge in [0.05, 0.1) is 37.1 Å². The summed E-state index contributed by atoms with van der Waals surface area (Å²) in [6, 6.07) is 14.8. The molecular formula is C28H30N8O4. The number of ether oxygens (including phenoxy) is 1. The monoisotopic (exact) mass is 542 g/mol. The third-order valence-electron chi connectivity index (χ3n) is 6.97. The summed E-state index contributed by atoms with van der Waals surface area (Å²) >= 11 is 0. The molecule has 4 heterocycles. The molecule has 0 radical (unpaired) electrons. The molecule has 40 heavy (non-hydrogen) atoms. The highest BCUT2D eigenvalue weighted by atomic mass is 16.5. The van der Waals surface area contributed by atoms with Gasteiger partial charge in [-0.2, -0.15) is 0 Å². The number of para-hydroxylation sites is 2. The number of pyridine rings is 2. The van der Waals surface area contributed by atoms with Gasteiger partial charge >= 0.3 is 6.09 Å². The largest absolute Gasteiger partial charge is 0.495 e. The molecule has 2 amide bonds. The van der Waals surface area contributed by atoms with Gasteiger partial charge in [0.1, 0.15) is 29.4 Å². The second-order valence-corrected chi connectivity index (χ2v) is 9.77. The Bertz CT molecular complexity index is 1580. The lowest BCUT2D eigenvalue weighted by molar-refractivity contribution is 0.0996. The molecule has 0 aliphatic carbocycles. The van der Waals surface area contributed by atoms with Crippen LogP contribution >= 0.6 is 0 Å². The molecule has 0 fully saturated rings. The van der Waals surface area contributed by atoms with E-state index in [-0.39, 0.29) is 25.0 Å². The quantitative estimate of drug-likeness (QED) is 0.353. The van der Waals surface area contributed by atoms with Crippen molar-refractivity contribution in [2.24, 2.45) is 0 Å². The first-order valence-electron chi connectivity index (χ1n) is 12.7. The molecule has 5 rings (SSSR count). The molecule has 206 valence electrons. The fraction of sp³-hybridized carbons (Fsp3) is 0.286. The van der Waals surface area contributed by atoms with Crippen LogP contribution in [-0.2, 0) is 13.1 Å². The first kappa shape index (κ1) is 26.6. The maximum atomic E-state index is 13.7. The van der Waals surface area contributed by atoms with Gasteiger partial charge in [-0.3, -0.25) is 14.3 Å². The highest BCUT2D eigenvalue weighted by Crippen LogP contribution is 2.33. The number of nitrogens with zero attached hydrogens (tertiary/aromatic N) is 8. The molecule has 1 aliphatic heterocycles. The molecule has 1 aromatic carbocycles. The molecule has 0 unspecified atom stereocenters. The van der Waals surface area contributed by atoms with Crippen LogP contribution in [0.25, 0.3) is 17.2 Å². The Morgan fingerprint density at radius 2 is 1.90 bits per heavy atom. The first-order valence-corrected chi connectivity index (χ1v) is 12.7. The van der Waals surface area contributed by atoms with Crippen molar-refractivity contribution in [2.75, 3.05) is 31.0 Å². The molecule has 0 saturated carbocycles. The van der Waals surface area contributed by atoms with Crippen LogP contribution < -0.4 is 14.5 Å². The van der Waals surface area contributed by atoms with Gasteiger partial charge in [-0.05, 0) is 44.2 Å². The minimum absolute atomic E-state index is 0.0496. The van der Waals surface area contributed by atoms with Crippen molar-refractivity contribution in [1.82, 2.24) is 29.6 Å². The average Bonchev–Trinajstić information content (AvgIpc) is 3.57. The van der Waals surface area contributed by atoms with Crippen LogP contribution in [0.1, 0.15) is 35.5 Å². The summed E-state index contributed by atoms with van der Waals surface area (Å²) in [5.41, 5.74) is 2.97. The number of benzene rings is 1. The third-order valence-corrected chi connectivity index (χ3v) is 6.97. The van der Waals surface area contributed by atoms with Crippen LogP contribution in [0.2, 0.25) is 0 Å². The van der Waals surface area contributed by atoms with Gasteiger partial charge in [0.2, 0.25) is 0 Å². The second-order valence-electron chi connectivity index (χ2n) is 9.77. The van der Waals surface area contributed by atoms with Crippen LogP contribution in [0.5, 0.6) is 5.75 Å². The number of anilines is 2. The summed E-state index contributed by atoms with van der Waals surface area (Å²) in [7, 11) is 4.97. The zero-order chi connectivity index (χ0) is 28.6. The summed E-state index contributed by atoms with van der Waals surface area (Å²) in [5.74, 6) is 1.94. The van der Waals surface area contributed by atoms with Crippen LogP contribution in [0.3, 0.4) is 0 Å². The number of hydrogen-bond donors (Lipinski definition) is 1. The summed E-state index contributed by atoms with van der Waals surface area (Å²) in [6.45, 7) is 4.30. The van der Waals surface area contributed by atoms with E-state index in [1.807, 2.05) is 56.1 Å². The zero-order valence-electron chi connectivity index (χ0n) is 22.9. The highest BCUT2D eigenvalue weighted by Gasteiger charge is 2.34. The van der Waals surface area contributed by atoms with Crippen molar-refractivity contribution in [1.29, 1.82) is 0 Å². The van der Waals surface area contributed by atoms with Crippen molar-refractivity contribution < 1.29 is 19.4 Å². The molecule has 3 aromatic heterocycles. The van der Waals surface area contributed by atoms with Crippen molar-refractivity contribution in [3.8, 4) is 23.0 Å². The standard InChI is InChI=1S/C28H30N8O4/c1-17(2)34(4)25-13-18-19(21(31-25)15-33(3)28(38)39)14-35(27(18)37)24-12-8-9-20(30-24)26-32-29-16-36(26)22-10-6-7-11-23(22)40-5/h6-13,16-17H,14-15H2,1-5H3,(H,38,39). The Labute approximate surface area is 231 Å². The molecule has 0 saturated heterocycles. The Morgan fingerprint density at radius 3 is 2.62 bits per heavy atom. The lowest BCUT2D eigenvalue weighted by Crippen LogP contribution is -2.29. The van der Waals surface area contributed by atoms with E-state index in [4.69, 9.17) is 14.7 Å². The predicted octanol–water partition coefficient (Wildman–Crippen LogP) is 3.85. The van der Waals surface area contributed by atoms with E-state index in [1.54, 1.807) is 41.1 Å². The zero-order valence-corrected chi connectivity index (χ0v) is 22.9. The van der Waals surface area contributed by atoms with E-state index in [9.17, 15) is 14.7 Å². The van der Waals surface area contributed by atoms with E-state index in [0.29, 0.717) is 45.7 Å². The number of carbonyl (C=O) groups excluding carboxylic acids is 1. The molecule has 0 spiro atoms. The number of fused-ring (bicyclic) bond motifs is 1. The second kappa shape index (κ2) is 10.6. The van der Waals surface area contributed by atoms with E-state index in [1.165, 1.54) is 7.05 Å². The number of hydrogen-bond acceptors (Lipinski definition) is 8. The predicted molar refractivity (Wildman–Crippen MR) is 149 cm³/mol. The fourth-order valence-electron chi connectivity index (χ4n) is 4.52. The summed E-state index contributed by atoms with van der Waals surface area (Å²) < 4.78 is 7.29. The normalized spacial score (nSPS) is 12.6. The molecule has 12 heteroatoms. The topological polar surface area (TPSA) is 130 Å². The lowest BCUT2D eigenvalue weighted by atomic mass is 10.1. The van der Waals surface area contributed by atoms with Gasteiger partial charge in [0, 0.05) is 25.7 Å². The first-order chi connectivity index (χ1) is 19.2. The van der Waals surface area contributed by atoms with E-state index >= 15 is 0 Å². The Balaban J connectivity index is 1.53. The van der Waals surface area contributed by atoms with E-state index < -0.39 is 6.09 Å². The van der Waals surface area contributed by atoms with Crippen molar-refractivity contribution in [3.05, 3.63) is 71.7 Å². The molecule has 0 atom stereocenters. The smallest absolute Gasteiger partial charge is 0.407 e. The van der Waals surface area contributed by atoms with Gasteiger partial charge in [0.15, 0.2) is 5.82 Å². The highest BCUT2D eigenvalue weighted by molar-refractivity contribution is 6.10. The maximum Gasteiger partial charge on any atom is 0.407 e. The fourth-order valence-corrected chi connectivity index (χ4v) is 4.52. The molecular weight excluding hydrogens is 512 g/mol. The third kappa shape index (κ3) is 4.79. The van der Waals surface area contributed by atoms with Crippen LogP contribution in [-0.4, -0.2) is 74.0 Å². The molecule has 1 N–H and O–H groups in total. The number of carboxylic acid groups (broad SMARTS) is 1. The number of carbonyl (C=O) groups is 2. The molecule has 12 nitrogen and oxygen atoms in total. The van der Waals surface area contributed by atoms with Gasteiger partial charge in [-0.15, -0.1) is 10.2 Å². The van der Waals surface area contributed by atoms with Gasteiger partial charge in [-0.1, -0.05) is 18.2 Å². The number of rotatable bonds is 8. The minimum atomic E-state index is -1.08. The Morgan fingerprint density at radius 1 is 1.12 bits per heavy atom. The van der Waals surface area contributed by atoms with Crippen LogP contribution in [0, 0.1) is 0 Å². The minimum Gasteiger partial charge on any atom is -0.495 e. The van der Waals surface area contributed by atoms with E-state index in [0.717, 1.165) is 10.6 Å².